The van der Waals surface area contributed by atoms with Gasteiger partial charge >= 0.3 is 5.97 Å². The van der Waals surface area contributed by atoms with Crippen LogP contribution in [0.25, 0.3) is 0 Å². The number of rotatable bonds is 4. The first-order valence-electron chi connectivity index (χ1n) is 12.0. The third-order valence-corrected chi connectivity index (χ3v) is 7.18. The SMILES string of the molecule is CC.CC(C)(C)C(=O)OCC1=CC(c2c(C#N)cc(C(C)(C)C)cc2N=O)[C@H]2C[C@@H]1C2(C)C. The number of benzene rings is 1. The lowest BCUT2D eigenvalue weighted by Crippen LogP contribution is -2.52. The van der Waals surface area contributed by atoms with Crippen molar-refractivity contribution in [2.24, 2.45) is 27.8 Å². The van der Waals surface area contributed by atoms with Crippen LogP contribution in [0.5, 0.6) is 0 Å². The van der Waals surface area contributed by atoms with E-state index in [1.807, 2.05) is 46.8 Å². The van der Waals surface area contributed by atoms with Crippen molar-refractivity contribution in [1.29, 1.82) is 5.26 Å². The van der Waals surface area contributed by atoms with Gasteiger partial charge in [0, 0.05) is 11.5 Å². The summed E-state index contributed by atoms with van der Waals surface area (Å²) in [6.45, 7) is 20.4. The molecule has 3 atom stereocenters. The predicted molar refractivity (Wildman–Crippen MR) is 133 cm³/mol. The molecule has 1 aromatic carbocycles. The van der Waals surface area contributed by atoms with E-state index in [4.69, 9.17) is 4.74 Å². The summed E-state index contributed by atoms with van der Waals surface area (Å²) in [5, 5.41) is 13.3. The van der Waals surface area contributed by atoms with Crippen LogP contribution in [-0.2, 0) is 14.9 Å². The van der Waals surface area contributed by atoms with Gasteiger partial charge in [0.1, 0.15) is 12.3 Å². The minimum absolute atomic E-state index is 0.00152. The molecule has 180 valence electrons. The van der Waals surface area contributed by atoms with E-state index in [0.29, 0.717) is 28.7 Å². The lowest BCUT2D eigenvalue weighted by Gasteiger charge is -2.59. The van der Waals surface area contributed by atoms with Gasteiger partial charge in [-0.15, -0.1) is 4.91 Å². The molecule has 33 heavy (non-hydrogen) atoms. The second-order valence-corrected chi connectivity index (χ2v) is 11.7. The summed E-state index contributed by atoms with van der Waals surface area (Å²) in [4.78, 5) is 24.2. The van der Waals surface area contributed by atoms with Gasteiger partial charge in [-0.05, 0) is 78.3 Å². The molecule has 0 aromatic heterocycles. The van der Waals surface area contributed by atoms with Crippen LogP contribution in [0.1, 0.15) is 98.3 Å². The molecular formula is C28H40N2O3. The number of hydrogen-bond donors (Lipinski definition) is 0. The zero-order chi connectivity index (χ0) is 25.4. The Labute approximate surface area is 199 Å². The molecule has 5 nitrogen and oxygen atoms in total. The molecule has 0 N–H and O–H groups in total. The Hall–Kier alpha value is -2.48. The van der Waals surface area contributed by atoms with E-state index >= 15 is 0 Å². The maximum atomic E-state index is 12.3. The molecule has 1 saturated carbocycles. The van der Waals surface area contributed by atoms with Crippen LogP contribution in [0.4, 0.5) is 5.69 Å². The summed E-state index contributed by atoms with van der Waals surface area (Å²) in [6, 6.07) is 6.04. The zero-order valence-corrected chi connectivity index (χ0v) is 22.0. The molecule has 2 bridgehead atoms. The lowest BCUT2D eigenvalue weighted by molar-refractivity contribution is -0.152. The highest BCUT2D eigenvalue weighted by Crippen LogP contribution is 2.64. The number of nitroso groups, excluding NO2 is 1. The summed E-state index contributed by atoms with van der Waals surface area (Å²) in [6.07, 6.45) is 3.09. The maximum Gasteiger partial charge on any atom is 0.311 e. The van der Waals surface area contributed by atoms with Crippen LogP contribution in [0.15, 0.2) is 29.0 Å². The van der Waals surface area contributed by atoms with E-state index < -0.39 is 5.41 Å². The summed E-state index contributed by atoms with van der Waals surface area (Å²) in [5.74, 6) is 0.326. The van der Waals surface area contributed by atoms with Crippen LogP contribution >= 0.6 is 0 Å². The van der Waals surface area contributed by atoms with Crippen molar-refractivity contribution in [3.8, 4) is 6.07 Å². The smallest absolute Gasteiger partial charge is 0.311 e. The van der Waals surface area contributed by atoms with Crippen LogP contribution in [0, 0.1) is 38.9 Å². The van der Waals surface area contributed by atoms with Gasteiger partial charge in [-0.3, -0.25) is 4.79 Å². The van der Waals surface area contributed by atoms with Gasteiger partial charge in [0.2, 0.25) is 0 Å². The Balaban J connectivity index is 0.00000187. The molecule has 4 rings (SSSR count). The first kappa shape index (κ1) is 26.8. The van der Waals surface area contributed by atoms with E-state index in [0.717, 1.165) is 17.6 Å². The van der Waals surface area contributed by atoms with Gasteiger partial charge in [0.05, 0.1) is 17.0 Å². The highest BCUT2D eigenvalue weighted by Gasteiger charge is 2.56. The standard InChI is InChI=1S/C26H34N2O3.C2H6/c1-24(2,3)17-9-15(13-27)22(21(11-17)28-30)18-10-16(14-31-23(29)25(4,5)6)19-12-20(18)26(19,7)8;1-2/h9-11,18-20H,12,14H2,1-8H3;1-2H3/t18?,19-,20+;/m0./s1. The van der Waals surface area contributed by atoms with E-state index in [1.165, 1.54) is 0 Å². The van der Waals surface area contributed by atoms with Crippen LogP contribution in [0.2, 0.25) is 0 Å². The molecule has 0 heterocycles. The van der Waals surface area contributed by atoms with Crippen LogP contribution < -0.4 is 0 Å². The van der Waals surface area contributed by atoms with Gasteiger partial charge in [-0.25, -0.2) is 0 Å². The second kappa shape index (κ2) is 9.41. The Morgan fingerprint density at radius 1 is 1.18 bits per heavy atom. The maximum absolute atomic E-state index is 12.3. The first-order valence-corrected chi connectivity index (χ1v) is 12.0. The fraction of sp³-hybridized carbons (Fsp3) is 0.643. The Morgan fingerprint density at radius 2 is 1.79 bits per heavy atom. The van der Waals surface area contributed by atoms with Gasteiger partial charge in [-0.1, -0.05) is 54.5 Å². The molecule has 0 aliphatic heterocycles. The largest absolute Gasteiger partial charge is 0.461 e. The Morgan fingerprint density at radius 3 is 2.24 bits per heavy atom. The number of carbonyl (C=O) groups excluding carboxylic acids is 1. The molecule has 0 amide bonds. The Bertz CT molecular complexity index is 984. The monoisotopic (exact) mass is 452 g/mol. The number of esters is 1. The average molecular weight is 453 g/mol. The number of fused-ring (bicyclic) bond motifs is 1. The second-order valence-electron chi connectivity index (χ2n) is 11.7. The molecule has 0 spiro atoms. The third kappa shape index (κ3) is 5.05. The number of ether oxygens (including phenoxy) is 1. The number of hydrogen-bond acceptors (Lipinski definition) is 5. The average Bonchev–Trinajstić information content (AvgIpc) is 2.75. The van der Waals surface area contributed by atoms with Gasteiger partial charge in [-0.2, -0.15) is 5.26 Å². The van der Waals surface area contributed by atoms with Crippen molar-refractivity contribution < 1.29 is 9.53 Å². The molecule has 5 heteroatoms. The van der Waals surface area contributed by atoms with Crippen LogP contribution in [0.3, 0.4) is 0 Å². The molecule has 0 radical (unpaired) electrons. The molecular weight excluding hydrogens is 412 g/mol. The summed E-state index contributed by atoms with van der Waals surface area (Å²) in [5.41, 5.74) is 2.81. The summed E-state index contributed by atoms with van der Waals surface area (Å²) >= 11 is 0. The van der Waals surface area contributed by atoms with Crippen molar-refractivity contribution in [3.63, 3.8) is 0 Å². The number of nitrogens with zero attached hydrogens (tertiary/aromatic N) is 2. The van der Waals surface area contributed by atoms with E-state index in [1.54, 1.807) is 0 Å². The summed E-state index contributed by atoms with van der Waals surface area (Å²) < 4.78 is 5.64. The van der Waals surface area contributed by atoms with E-state index in [2.05, 4.69) is 51.9 Å². The molecule has 1 aromatic rings. The normalized spacial score (nSPS) is 23.2. The zero-order valence-electron chi connectivity index (χ0n) is 22.0. The quantitative estimate of drug-likeness (QED) is 0.268. The van der Waals surface area contributed by atoms with E-state index in [9.17, 15) is 15.0 Å². The van der Waals surface area contributed by atoms with Crippen molar-refractivity contribution >= 4 is 11.7 Å². The summed E-state index contributed by atoms with van der Waals surface area (Å²) in [7, 11) is 0. The fourth-order valence-electron chi connectivity index (χ4n) is 5.05. The minimum Gasteiger partial charge on any atom is -0.461 e. The molecule has 1 fully saturated rings. The van der Waals surface area contributed by atoms with Gasteiger partial charge < -0.3 is 4.74 Å². The Kier molecular flexibility index (Phi) is 7.63. The van der Waals surface area contributed by atoms with E-state index in [-0.39, 0.29) is 29.3 Å². The molecule has 3 aliphatic carbocycles. The van der Waals surface area contributed by atoms with Gasteiger partial charge in [0.25, 0.3) is 0 Å². The first-order chi connectivity index (χ1) is 15.2. The highest BCUT2D eigenvalue weighted by atomic mass is 16.5. The van der Waals surface area contributed by atoms with Crippen LogP contribution in [-0.4, -0.2) is 12.6 Å². The predicted octanol–water partition coefficient (Wildman–Crippen LogP) is 7.56. The number of nitriles is 1. The number of carbonyl (C=O) groups is 1. The van der Waals surface area contributed by atoms with Crippen molar-refractivity contribution in [1.82, 2.24) is 0 Å². The topological polar surface area (TPSA) is 79.5 Å². The van der Waals surface area contributed by atoms with Crippen molar-refractivity contribution in [2.45, 2.75) is 87.0 Å². The molecule has 3 aliphatic rings. The number of allylic oxidation sites excluding steroid dienone is 1. The fourth-order valence-corrected chi connectivity index (χ4v) is 5.05. The lowest BCUT2D eigenvalue weighted by atomic mass is 9.45. The minimum atomic E-state index is -0.558. The van der Waals surface area contributed by atoms with Crippen molar-refractivity contribution in [2.75, 3.05) is 6.61 Å². The highest BCUT2D eigenvalue weighted by molar-refractivity contribution is 5.75. The van der Waals surface area contributed by atoms with Gasteiger partial charge in [0.15, 0.2) is 0 Å². The molecule has 1 unspecified atom stereocenters. The molecule has 0 saturated heterocycles. The van der Waals surface area contributed by atoms with Crippen molar-refractivity contribution in [3.05, 3.63) is 45.4 Å². The third-order valence-electron chi connectivity index (χ3n) is 7.18.